The Bertz CT molecular complexity index is 773. The number of hydrogen-bond acceptors (Lipinski definition) is 5. The molecular weight excluding hydrogens is 306 g/mol. The number of aromatic hydroxyl groups is 1. The van der Waals surface area contributed by atoms with Crippen molar-refractivity contribution in [3.05, 3.63) is 41.0 Å². The van der Waals surface area contributed by atoms with E-state index in [0.717, 1.165) is 28.3 Å². The summed E-state index contributed by atoms with van der Waals surface area (Å²) in [6, 6.07) is 9.26. The first-order chi connectivity index (χ1) is 9.67. The van der Waals surface area contributed by atoms with Crippen LogP contribution in [0.2, 0.25) is 0 Å². The van der Waals surface area contributed by atoms with Crippen molar-refractivity contribution in [3.63, 3.8) is 0 Å². The predicted molar refractivity (Wildman–Crippen MR) is 90.2 cm³/mol. The van der Waals surface area contributed by atoms with Gasteiger partial charge in [0, 0.05) is 4.88 Å². The van der Waals surface area contributed by atoms with Gasteiger partial charge in [-0.3, -0.25) is 0 Å². The lowest BCUT2D eigenvalue weighted by Gasteiger charge is -2.08. The quantitative estimate of drug-likeness (QED) is 0.700. The van der Waals surface area contributed by atoms with Crippen LogP contribution in [0.3, 0.4) is 0 Å². The zero-order valence-electron chi connectivity index (χ0n) is 11.8. The van der Waals surface area contributed by atoms with Crippen LogP contribution >= 0.6 is 23.7 Å². The molecule has 3 aromatic rings. The lowest BCUT2D eigenvalue weighted by atomic mass is 10.2. The summed E-state index contributed by atoms with van der Waals surface area (Å²) in [5, 5.41) is 14.1. The van der Waals surface area contributed by atoms with Crippen molar-refractivity contribution in [1.82, 2.24) is 9.97 Å². The number of benzene rings is 1. The summed E-state index contributed by atoms with van der Waals surface area (Å²) in [4.78, 5) is 11.2. The SMILES string of the molecule is CCc1cc2c(Nc3ccccc3O)nc(C)nc2s1.Cl. The van der Waals surface area contributed by atoms with Crippen molar-refractivity contribution in [2.24, 2.45) is 0 Å². The number of phenols is 1. The summed E-state index contributed by atoms with van der Waals surface area (Å²) in [5.74, 6) is 1.67. The molecule has 0 fully saturated rings. The van der Waals surface area contributed by atoms with E-state index in [9.17, 15) is 5.11 Å². The molecule has 2 aromatic heterocycles. The molecular formula is C15H16ClN3OS. The first-order valence-corrected chi connectivity index (χ1v) is 7.31. The number of anilines is 2. The first kappa shape index (κ1) is 15.5. The van der Waals surface area contributed by atoms with E-state index >= 15 is 0 Å². The maximum absolute atomic E-state index is 9.86. The van der Waals surface area contributed by atoms with E-state index in [1.807, 2.05) is 19.1 Å². The third-order valence-corrected chi connectivity index (χ3v) is 4.23. The summed E-state index contributed by atoms with van der Waals surface area (Å²) in [6.45, 7) is 4.00. The molecule has 0 atom stereocenters. The lowest BCUT2D eigenvalue weighted by Crippen LogP contribution is -1.97. The smallest absolute Gasteiger partial charge is 0.143 e. The van der Waals surface area contributed by atoms with Crippen molar-refractivity contribution in [2.45, 2.75) is 20.3 Å². The number of phenolic OH excluding ortho intramolecular Hbond substituents is 1. The maximum Gasteiger partial charge on any atom is 0.143 e. The summed E-state index contributed by atoms with van der Waals surface area (Å²) in [7, 11) is 0. The molecule has 110 valence electrons. The topological polar surface area (TPSA) is 58.0 Å². The number of nitrogens with one attached hydrogen (secondary N) is 1. The highest BCUT2D eigenvalue weighted by atomic mass is 35.5. The van der Waals surface area contributed by atoms with Crippen LogP contribution in [0.4, 0.5) is 11.5 Å². The molecule has 0 aliphatic carbocycles. The Morgan fingerprint density at radius 2 is 2.00 bits per heavy atom. The molecule has 0 aliphatic heterocycles. The first-order valence-electron chi connectivity index (χ1n) is 6.49. The largest absolute Gasteiger partial charge is 0.506 e. The molecule has 0 unspecified atom stereocenters. The second-order valence-electron chi connectivity index (χ2n) is 4.55. The van der Waals surface area contributed by atoms with Crippen molar-refractivity contribution < 1.29 is 5.11 Å². The molecule has 4 nitrogen and oxygen atoms in total. The van der Waals surface area contributed by atoms with Gasteiger partial charge < -0.3 is 10.4 Å². The van der Waals surface area contributed by atoms with Gasteiger partial charge in [-0.15, -0.1) is 23.7 Å². The van der Waals surface area contributed by atoms with E-state index in [2.05, 4.69) is 28.3 Å². The Balaban J connectivity index is 0.00000161. The van der Waals surface area contributed by atoms with E-state index in [0.29, 0.717) is 5.69 Å². The second-order valence-corrected chi connectivity index (χ2v) is 5.66. The Labute approximate surface area is 133 Å². The van der Waals surface area contributed by atoms with Gasteiger partial charge in [0.1, 0.15) is 22.2 Å². The van der Waals surface area contributed by atoms with Crippen LogP contribution < -0.4 is 5.32 Å². The van der Waals surface area contributed by atoms with Gasteiger partial charge in [-0.05, 0) is 31.5 Å². The van der Waals surface area contributed by atoms with Crippen LogP contribution in [-0.4, -0.2) is 15.1 Å². The molecule has 2 N–H and O–H groups in total. The van der Waals surface area contributed by atoms with Gasteiger partial charge in [0.05, 0.1) is 11.1 Å². The van der Waals surface area contributed by atoms with Gasteiger partial charge in [-0.25, -0.2) is 9.97 Å². The van der Waals surface area contributed by atoms with Gasteiger partial charge >= 0.3 is 0 Å². The highest BCUT2D eigenvalue weighted by molar-refractivity contribution is 7.18. The molecule has 6 heteroatoms. The normalized spacial score (nSPS) is 10.4. The third-order valence-electron chi connectivity index (χ3n) is 3.06. The fraction of sp³-hybridized carbons (Fsp3) is 0.200. The van der Waals surface area contributed by atoms with E-state index < -0.39 is 0 Å². The summed E-state index contributed by atoms with van der Waals surface area (Å²) in [5.41, 5.74) is 0.649. The number of hydrogen-bond donors (Lipinski definition) is 2. The maximum atomic E-state index is 9.86. The molecule has 0 spiro atoms. The molecule has 0 amide bonds. The zero-order valence-corrected chi connectivity index (χ0v) is 13.4. The van der Waals surface area contributed by atoms with E-state index in [4.69, 9.17) is 0 Å². The molecule has 0 radical (unpaired) electrons. The van der Waals surface area contributed by atoms with Crippen molar-refractivity contribution in [3.8, 4) is 5.75 Å². The molecule has 0 bridgehead atoms. The summed E-state index contributed by atoms with van der Waals surface area (Å²) >= 11 is 1.69. The van der Waals surface area contributed by atoms with Gasteiger partial charge in [0.2, 0.25) is 0 Å². The highest BCUT2D eigenvalue weighted by Crippen LogP contribution is 2.32. The average Bonchev–Trinajstić information content (AvgIpc) is 2.84. The number of rotatable bonds is 3. The van der Waals surface area contributed by atoms with Crippen LogP contribution in [0.1, 0.15) is 17.6 Å². The van der Waals surface area contributed by atoms with Crippen molar-refractivity contribution in [2.75, 3.05) is 5.32 Å². The molecule has 3 rings (SSSR count). The molecule has 2 heterocycles. The molecule has 0 saturated heterocycles. The number of thiophene rings is 1. The van der Waals surface area contributed by atoms with Gasteiger partial charge in [-0.2, -0.15) is 0 Å². The fourth-order valence-electron chi connectivity index (χ4n) is 2.05. The van der Waals surface area contributed by atoms with Crippen molar-refractivity contribution >= 4 is 45.5 Å². The fourth-order valence-corrected chi connectivity index (χ4v) is 3.07. The Kier molecular flexibility index (Phi) is 4.65. The summed E-state index contributed by atoms with van der Waals surface area (Å²) in [6.07, 6.45) is 0.982. The number of aryl methyl sites for hydroxylation is 2. The van der Waals surface area contributed by atoms with Crippen LogP contribution in [0.5, 0.6) is 5.75 Å². The van der Waals surface area contributed by atoms with Gasteiger partial charge in [-0.1, -0.05) is 19.1 Å². The van der Waals surface area contributed by atoms with E-state index in [1.54, 1.807) is 23.5 Å². The third kappa shape index (κ3) is 3.09. The second kappa shape index (κ2) is 6.28. The molecule has 1 aromatic carbocycles. The minimum atomic E-state index is 0. The van der Waals surface area contributed by atoms with Crippen molar-refractivity contribution in [1.29, 1.82) is 0 Å². The Morgan fingerprint density at radius 1 is 1.24 bits per heavy atom. The number of para-hydroxylation sites is 2. The number of halogens is 1. The number of aromatic nitrogens is 2. The van der Waals surface area contributed by atoms with Crippen LogP contribution in [0, 0.1) is 6.92 Å². The standard InChI is InChI=1S/C15H15N3OS.ClH/c1-3-10-8-11-14(16-9(2)17-15(11)20-10)18-12-6-4-5-7-13(12)19;/h4-8,19H,3H2,1-2H3,(H,16,17,18);1H. The Hall–Kier alpha value is -1.85. The van der Waals surface area contributed by atoms with Crippen LogP contribution in [-0.2, 0) is 6.42 Å². The minimum absolute atomic E-state index is 0. The average molecular weight is 322 g/mol. The van der Waals surface area contributed by atoms with Gasteiger partial charge in [0.15, 0.2) is 0 Å². The van der Waals surface area contributed by atoms with Crippen LogP contribution in [0.15, 0.2) is 30.3 Å². The number of nitrogens with zero attached hydrogens (tertiary/aromatic N) is 2. The van der Waals surface area contributed by atoms with Gasteiger partial charge in [0.25, 0.3) is 0 Å². The molecule has 21 heavy (non-hydrogen) atoms. The van der Waals surface area contributed by atoms with Crippen LogP contribution in [0.25, 0.3) is 10.2 Å². The zero-order chi connectivity index (χ0) is 14.1. The number of fused-ring (bicyclic) bond motifs is 1. The van der Waals surface area contributed by atoms with E-state index in [-0.39, 0.29) is 18.2 Å². The molecule has 0 aliphatic rings. The predicted octanol–water partition coefficient (Wildman–Crippen LogP) is 4.43. The lowest BCUT2D eigenvalue weighted by molar-refractivity contribution is 0.477. The van der Waals surface area contributed by atoms with E-state index in [1.165, 1.54) is 4.88 Å². The molecule has 0 saturated carbocycles. The monoisotopic (exact) mass is 321 g/mol. The highest BCUT2D eigenvalue weighted by Gasteiger charge is 2.11. The Morgan fingerprint density at radius 3 is 2.71 bits per heavy atom. The minimum Gasteiger partial charge on any atom is -0.506 e. The summed E-state index contributed by atoms with van der Waals surface area (Å²) < 4.78 is 0.